The lowest BCUT2D eigenvalue weighted by Crippen LogP contribution is -2.34. The first kappa shape index (κ1) is 17.7. The molecular weight excluding hydrogens is 303 g/mol. The third-order valence-electron chi connectivity index (χ3n) is 2.66. The lowest BCUT2D eigenvalue weighted by atomic mass is 10.1. The summed E-state index contributed by atoms with van der Waals surface area (Å²) in [6, 6.07) is 4.92. The van der Waals surface area contributed by atoms with E-state index in [-0.39, 0.29) is 31.5 Å². The van der Waals surface area contributed by atoms with Crippen LogP contribution in [0.4, 0.5) is 13.2 Å². The van der Waals surface area contributed by atoms with E-state index in [2.05, 4.69) is 4.74 Å². The highest BCUT2D eigenvalue weighted by molar-refractivity contribution is 5.97. The number of para-hydroxylation sites is 1. The van der Waals surface area contributed by atoms with Crippen LogP contribution in [0.3, 0.4) is 0 Å². The van der Waals surface area contributed by atoms with Gasteiger partial charge in [-0.15, -0.1) is 13.2 Å². The zero-order valence-electron chi connectivity index (χ0n) is 11.5. The van der Waals surface area contributed by atoms with Crippen molar-refractivity contribution in [3.8, 4) is 5.75 Å². The molecule has 120 valence electrons. The van der Waals surface area contributed by atoms with E-state index in [4.69, 9.17) is 0 Å². The summed E-state index contributed by atoms with van der Waals surface area (Å²) >= 11 is 0. The maximum atomic E-state index is 12.4. The maximum Gasteiger partial charge on any atom is 0.573 e. The van der Waals surface area contributed by atoms with Crippen LogP contribution in [0, 0.1) is 0 Å². The summed E-state index contributed by atoms with van der Waals surface area (Å²) in [6.45, 7) is 0.0209. The van der Waals surface area contributed by atoms with Crippen molar-refractivity contribution < 1.29 is 32.3 Å². The zero-order chi connectivity index (χ0) is 16.6. The predicted molar refractivity (Wildman–Crippen MR) is 70.4 cm³/mol. The fourth-order valence-electron chi connectivity index (χ4n) is 1.76. The lowest BCUT2D eigenvalue weighted by molar-refractivity contribution is -0.274. The first-order valence-corrected chi connectivity index (χ1v) is 6.40. The molecular formula is C14H14F3NO4. The molecule has 5 nitrogen and oxygen atoms in total. The Morgan fingerprint density at radius 1 is 1.09 bits per heavy atom. The summed E-state index contributed by atoms with van der Waals surface area (Å²) in [4.78, 5) is 34.3. The SMILES string of the molecule is O=CCCN(CCC=O)C(=O)c1ccccc1OC(F)(F)F. The second kappa shape index (κ2) is 8.16. The molecule has 0 N–H and O–H groups in total. The molecule has 0 radical (unpaired) electrons. The first-order valence-electron chi connectivity index (χ1n) is 6.40. The van der Waals surface area contributed by atoms with Gasteiger partial charge in [0.2, 0.25) is 0 Å². The Morgan fingerprint density at radius 2 is 1.64 bits per heavy atom. The average molecular weight is 317 g/mol. The first-order chi connectivity index (χ1) is 10.4. The second-order valence-electron chi connectivity index (χ2n) is 4.25. The summed E-state index contributed by atoms with van der Waals surface area (Å²) in [7, 11) is 0. The number of nitrogens with zero attached hydrogens (tertiary/aromatic N) is 1. The van der Waals surface area contributed by atoms with Crippen molar-refractivity contribution >= 4 is 18.5 Å². The zero-order valence-corrected chi connectivity index (χ0v) is 11.5. The van der Waals surface area contributed by atoms with Gasteiger partial charge in [-0.3, -0.25) is 4.79 Å². The smallest absolute Gasteiger partial charge is 0.405 e. The number of amides is 1. The van der Waals surface area contributed by atoms with Crippen molar-refractivity contribution in [3.63, 3.8) is 0 Å². The molecule has 0 heterocycles. The molecule has 0 fully saturated rings. The van der Waals surface area contributed by atoms with Crippen LogP contribution in [0.1, 0.15) is 23.2 Å². The van der Waals surface area contributed by atoms with Crippen molar-refractivity contribution in [3.05, 3.63) is 29.8 Å². The van der Waals surface area contributed by atoms with Crippen LogP contribution in [0.5, 0.6) is 5.75 Å². The largest absolute Gasteiger partial charge is 0.573 e. The number of halogens is 3. The maximum absolute atomic E-state index is 12.4. The number of aldehydes is 2. The molecule has 0 aliphatic carbocycles. The fraction of sp³-hybridized carbons (Fsp3) is 0.357. The molecule has 1 amide bonds. The number of ether oxygens (including phenoxy) is 1. The molecule has 0 bridgehead atoms. The van der Waals surface area contributed by atoms with Gasteiger partial charge in [0.15, 0.2) is 0 Å². The number of carbonyl (C=O) groups excluding carboxylic acids is 3. The van der Waals surface area contributed by atoms with Crippen LogP contribution in [0.25, 0.3) is 0 Å². The molecule has 0 aliphatic rings. The number of hydrogen-bond acceptors (Lipinski definition) is 4. The Balaban J connectivity index is 3.01. The van der Waals surface area contributed by atoms with Gasteiger partial charge in [-0.25, -0.2) is 0 Å². The van der Waals surface area contributed by atoms with Crippen molar-refractivity contribution in [1.29, 1.82) is 0 Å². The number of hydrogen-bond donors (Lipinski definition) is 0. The van der Waals surface area contributed by atoms with Gasteiger partial charge in [0.05, 0.1) is 5.56 Å². The van der Waals surface area contributed by atoms with E-state index in [0.717, 1.165) is 11.0 Å². The highest BCUT2D eigenvalue weighted by Crippen LogP contribution is 2.27. The van der Waals surface area contributed by atoms with Gasteiger partial charge in [0.25, 0.3) is 5.91 Å². The summed E-state index contributed by atoms with van der Waals surface area (Å²) in [6.07, 6.45) is -3.72. The van der Waals surface area contributed by atoms with E-state index in [9.17, 15) is 27.6 Å². The molecule has 1 rings (SSSR count). The molecule has 0 atom stereocenters. The second-order valence-corrected chi connectivity index (χ2v) is 4.25. The van der Waals surface area contributed by atoms with Crippen molar-refractivity contribution in [1.82, 2.24) is 4.90 Å². The lowest BCUT2D eigenvalue weighted by Gasteiger charge is -2.22. The molecule has 0 aliphatic heterocycles. The Bertz CT molecular complexity index is 519. The third-order valence-corrected chi connectivity index (χ3v) is 2.66. The van der Waals surface area contributed by atoms with Crippen LogP contribution in [0.2, 0.25) is 0 Å². The number of rotatable bonds is 8. The van der Waals surface area contributed by atoms with Gasteiger partial charge in [0.1, 0.15) is 18.3 Å². The highest BCUT2D eigenvalue weighted by Gasteiger charge is 2.33. The standard InChI is InChI=1S/C14H14F3NO4/c15-14(16,17)22-12-6-2-1-5-11(12)13(21)18(7-3-9-19)8-4-10-20/h1-2,5-6,9-10H,3-4,7-8H2. The van der Waals surface area contributed by atoms with Gasteiger partial charge >= 0.3 is 6.36 Å². The molecule has 0 unspecified atom stereocenters. The third kappa shape index (κ3) is 5.55. The minimum absolute atomic E-state index is 0.0104. The highest BCUT2D eigenvalue weighted by atomic mass is 19.4. The fourth-order valence-corrected chi connectivity index (χ4v) is 1.76. The van der Waals surface area contributed by atoms with E-state index in [0.29, 0.717) is 12.6 Å². The van der Waals surface area contributed by atoms with Crippen molar-refractivity contribution in [2.24, 2.45) is 0 Å². The molecule has 8 heteroatoms. The topological polar surface area (TPSA) is 63.7 Å². The van der Waals surface area contributed by atoms with E-state index in [1.54, 1.807) is 0 Å². The van der Waals surface area contributed by atoms with Crippen molar-refractivity contribution in [2.75, 3.05) is 13.1 Å². The van der Waals surface area contributed by atoms with E-state index >= 15 is 0 Å². The molecule has 0 aromatic heterocycles. The monoisotopic (exact) mass is 317 g/mol. The summed E-state index contributed by atoms with van der Waals surface area (Å²) in [5.74, 6) is -1.36. The predicted octanol–water partition coefficient (Wildman–Crippen LogP) is 2.21. The number of benzene rings is 1. The number of carbonyl (C=O) groups is 3. The van der Waals surface area contributed by atoms with Gasteiger partial charge in [0, 0.05) is 25.9 Å². The molecule has 22 heavy (non-hydrogen) atoms. The van der Waals surface area contributed by atoms with E-state index in [1.807, 2.05) is 0 Å². The van der Waals surface area contributed by atoms with E-state index < -0.39 is 18.0 Å². The molecule has 1 aromatic rings. The average Bonchev–Trinajstić information content (AvgIpc) is 2.46. The Labute approximate surface area is 124 Å². The van der Waals surface area contributed by atoms with Crippen LogP contribution in [-0.2, 0) is 9.59 Å². The molecule has 0 saturated heterocycles. The summed E-state index contributed by atoms with van der Waals surface area (Å²) < 4.78 is 40.9. The van der Waals surface area contributed by atoms with Gasteiger partial charge in [-0.05, 0) is 12.1 Å². The van der Waals surface area contributed by atoms with Crippen LogP contribution >= 0.6 is 0 Å². The van der Waals surface area contributed by atoms with Gasteiger partial charge in [-0.1, -0.05) is 12.1 Å². The van der Waals surface area contributed by atoms with Crippen LogP contribution < -0.4 is 4.74 Å². The molecule has 0 spiro atoms. The van der Waals surface area contributed by atoms with Crippen LogP contribution in [-0.4, -0.2) is 42.8 Å². The minimum Gasteiger partial charge on any atom is -0.405 e. The molecule has 1 aromatic carbocycles. The molecule has 0 saturated carbocycles. The summed E-state index contributed by atoms with van der Waals surface area (Å²) in [5, 5.41) is 0. The minimum atomic E-state index is -4.92. The Kier molecular flexibility index (Phi) is 6.55. The van der Waals surface area contributed by atoms with Crippen LogP contribution in [0.15, 0.2) is 24.3 Å². The number of alkyl halides is 3. The summed E-state index contributed by atoms with van der Waals surface area (Å²) in [5.41, 5.74) is -0.281. The Morgan fingerprint density at radius 3 is 2.14 bits per heavy atom. The quantitative estimate of drug-likeness (QED) is 0.690. The van der Waals surface area contributed by atoms with E-state index in [1.165, 1.54) is 18.2 Å². The van der Waals surface area contributed by atoms with Gasteiger partial charge < -0.3 is 19.2 Å². The van der Waals surface area contributed by atoms with Gasteiger partial charge in [-0.2, -0.15) is 0 Å². The van der Waals surface area contributed by atoms with Crippen molar-refractivity contribution in [2.45, 2.75) is 19.2 Å². The normalized spacial score (nSPS) is 10.9. The Hall–Kier alpha value is -2.38.